The summed E-state index contributed by atoms with van der Waals surface area (Å²) in [5.74, 6) is 0.0791. The summed E-state index contributed by atoms with van der Waals surface area (Å²) in [5.41, 5.74) is 5.66. The molecule has 0 radical (unpaired) electrons. The molecule has 0 saturated heterocycles. The highest BCUT2D eigenvalue weighted by Crippen LogP contribution is 2.25. The van der Waals surface area contributed by atoms with Crippen LogP contribution in [0.3, 0.4) is 0 Å². The molecule has 102 valence electrons. The lowest BCUT2D eigenvalue weighted by molar-refractivity contribution is -0.122. The minimum atomic E-state index is 0.0791. The molecule has 0 spiro atoms. The third-order valence-corrected chi connectivity index (χ3v) is 3.19. The van der Waals surface area contributed by atoms with E-state index in [9.17, 15) is 4.79 Å². The smallest absolute Gasteiger partial charge is 0.220 e. The van der Waals surface area contributed by atoms with E-state index in [1.807, 2.05) is 6.92 Å². The summed E-state index contributed by atoms with van der Waals surface area (Å²) in [6.45, 7) is 7.07. The highest BCUT2D eigenvalue weighted by Gasteiger charge is 2.19. The van der Waals surface area contributed by atoms with Crippen LogP contribution in [-0.4, -0.2) is 30.2 Å². The Morgan fingerprint density at radius 1 is 1.41 bits per heavy atom. The van der Waals surface area contributed by atoms with E-state index in [-0.39, 0.29) is 24.0 Å². The fourth-order valence-electron chi connectivity index (χ4n) is 1.80. The van der Waals surface area contributed by atoms with Gasteiger partial charge in [-0.15, -0.1) is 0 Å². The van der Waals surface area contributed by atoms with Gasteiger partial charge < -0.3 is 16.2 Å². The van der Waals surface area contributed by atoms with Gasteiger partial charge >= 0.3 is 0 Å². The average molecular weight is 244 g/mol. The molecule has 0 fully saturated rings. The first-order chi connectivity index (χ1) is 7.95. The molecule has 4 heteroatoms. The highest BCUT2D eigenvalue weighted by atomic mass is 16.3. The lowest BCUT2D eigenvalue weighted by Crippen LogP contribution is -2.35. The maximum absolute atomic E-state index is 11.7. The number of carbonyl (C=O) groups is 1. The van der Waals surface area contributed by atoms with Crippen molar-refractivity contribution in [3.8, 4) is 0 Å². The van der Waals surface area contributed by atoms with Crippen LogP contribution in [0.1, 0.15) is 52.9 Å². The quantitative estimate of drug-likeness (QED) is 0.574. The summed E-state index contributed by atoms with van der Waals surface area (Å²) >= 11 is 0. The maximum atomic E-state index is 11.7. The van der Waals surface area contributed by atoms with Crippen LogP contribution in [0.5, 0.6) is 0 Å². The number of hydrogen-bond acceptors (Lipinski definition) is 3. The van der Waals surface area contributed by atoms with E-state index >= 15 is 0 Å². The van der Waals surface area contributed by atoms with Crippen molar-refractivity contribution >= 4 is 5.91 Å². The zero-order valence-corrected chi connectivity index (χ0v) is 11.5. The minimum Gasteiger partial charge on any atom is -0.396 e. The van der Waals surface area contributed by atoms with Gasteiger partial charge in [0.05, 0.1) is 0 Å². The summed E-state index contributed by atoms with van der Waals surface area (Å²) in [5, 5.41) is 11.8. The molecule has 0 aliphatic rings. The molecule has 0 rings (SSSR count). The normalized spacial score (nSPS) is 13.5. The summed E-state index contributed by atoms with van der Waals surface area (Å²) in [6, 6.07) is 0.102. The van der Waals surface area contributed by atoms with Gasteiger partial charge in [0.15, 0.2) is 0 Å². The third-order valence-electron chi connectivity index (χ3n) is 3.19. The largest absolute Gasteiger partial charge is 0.396 e. The standard InChI is InChI=1S/C13H28N2O2/c1-4-11(6-10-16)15-12(17)5-7-13(2,3)8-9-14/h11,16H,4-10,14H2,1-3H3,(H,15,17). The molecule has 0 aromatic carbocycles. The molecule has 0 saturated carbocycles. The Kier molecular flexibility index (Phi) is 8.17. The van der Waals surface area contributed by atoms with Crippen molar-refractivity contribution in [1.29, 1.82) is 0 Å². The molecule has 17 heavy (non-hydrogen) atoms. The van der Waals surface area contributed by atoms with E-state index in [2.05, 4.69) is 19.2 Å². The molecular formula is C13H28N2O2. The molecule has 0 aliphatic carbocycles. The lowest BCUT2D eigenvalue weighted by atomic mass is 9.84. The van der Waals surface area contributed by atoms with Crippen LogP contribution in [0.25, 0.3) is 0 Å². The van der Waals surface area contributed by atoms with Crippen molar-refractivity contribution in [1.82, 2.24) is 5.32 Å². The molecule has 0 heterocycles. The molecular weight excluding hydrogens is 216 g/mol. The van der Waals surface area contributed by atoms with Crippen LogP contribution in [-0.2, 0) is 4.79 Å². The van der Waals surface area contributed by atoms with Crippen LogP contribution in [0.2, 0.25) is 0 Å². The predicted molar refractivity (Wildman–Crippen MR) is 70.6 cm³/mol. The van der Waals surface area contributed by atoms with Crippen molar-refractivity contribution in [2.45, 2.75) is 58.9 Å². The SMILES string of the molecule is CCC(CCO)NC(=O)CCC(C)(C)CCN. The topological polar surface area (TPSA) is 75.3 Å². The van der Waals surface area contributed by atoms with E-state index < -0.39 is 0 Å². The first-order valence-electron chi connectivity index (χ1n) is 6.55. The summed E-state index contributed by atoms with van der Waals surface area (Å²) < 4.78 is 0. The monoisotopic (exact) mass is 244 g/mol. The zero-order chi connectivity index (χ0) is 13.3. The average Bonchev–Trinajstić information content (AvgIpc) is 2.26. The zero-order valence-electron chi connectivity index (χ0n) is 11.5. The van der Waals surface area contributed by atoms with Gasteiger partial charge in [-0.2, -0.15) is 0 Å². The molecule has 4 nitrogen and oxygen atoms in total. The van der Waals surface area contributed by atoms with Crippen LogP contribution in [0.4, 0.5) is 0 Å². The van der Waals surface area contributed by atoms with Gasteiger partial charge in [-0.25, -0.2) is 0 Å². The van der Waals surface area contributed by atoms with Crippen LogP contribution in [0, 0.1) is 5.41 Å². The van der Waals surface area contributed by atoms with Gasteiger partial charge in [0, 0.05) is 19.1 Å². The lowest BCUT2D eigenvalue weighted by Gasteiger charge is -2.24. The Hall–Kier alpha value is -0.610. The Bertz CT molecular complexity index is 217. The van der Waals surface area contributed by atoms with Gasteiger partial charge in [0.2, 0.25) is 5.91 Å². The molecule has 0 bridgehead atoms. The number of carbonyl (C=O) groups excluding carboxylic acids is 1. The van der Waals surface area contributed by atoms with Crippen molar-refractivity contribution in [3.05, 3.63) is 0 Å². The Morgan fingerprint density at radius 2 is 2.06 bits per heavy atom. The molecule has 1 amide bonds. The predicted octanol–water partition coefficient (Wildman–Crippen LogP) is 1.42. The van der Waals surface area contributed by atoms with E-state index in [4.69, 9.17) is 10.8 Å². The molecule has 0 aromatic heterocycles. The minimum absolute atomic E-state index is 0.0791. The van der Waals surface area contributed by atoms with Crippen LogP contribution in [0.15, 0.2) is 0 Å². The highest BCUT2D eigenvalue weighted by molar-refractivity contribution is 5.76. The number of nitrogens with two attached hydrogens (primary N) is 1. The number of nitrogens with one attached hydrogen (secondary N) is 1. The van der Waals surface area contributed by atoms with Crippen LogP contribution >= 0.6 is 0 Å². The maximum Gasteiger partial charge on any atom is 0.220 e. The molecule has 0 aliphatic heterocycles. The van der Waals surface area contributed by atoms with Crippen molar-refractivity contribution < 1.29 is 9.90 Å². The fraction of sp³-hybridized carbons (Fsp3) is 0.923. The van der Waals surface area contributed by atoms with Crippen molar-refractivity contribution in [3.63, 3.8) is 0 Å². The number of aliphatic hydroxyl groups is 1. The summed E-state index contributed by atoms with van der Waals surface area (Å²) in [6.07, 6.45) is 3.82. The number of rotatable bonds is 9. The fourth-order valence-corrected chi connectivity index (χ4v) is 1.80. The van der Waals surface area contributed by atoms with E-state index in [0.29, 0.717) is 19.4 Å². The van der Waals surface area contributed by atoms with Gasteiger partial charge in [0.1, 0.15) is 0 Å². The van der Waals surface area contributed by atoms with E-state index in [1.54, 1.807) is 0 Å². The van der Waals surface area contributed by atoms with E-state index in [1.165, 1.54) is 0 Å². The van der Waals surface area contributed by atoms with E-state index in [0.717, 1.165) is 19.3 Å². The second-order valence-corrected chi connectivity index (χ2v) is 5.39. The Labute approximate surface area is 105 Å². The second-order valence-electron chi connectivity index (χ2n) is 5.39. The number of hydrogen-bond donors (Lipinski definition) is 3. The van der Waals surface area contributed by atoms with Gasteiger partial charge in [-0.3, -0.25) is 4.79 Å². The summed E-state index contributed by atoms with van der Waals surface area (Å²) in [7, 11) is 0. The summed E-state index contributed by atoms with van der Waals surface area (Å²) in [4.78, 5) is 11.7. The van der Waals surface area contributed by atoms with Gasteiger partial charge in [-0.1, -0.05) is 20.8 Å². The van der Waals surface area contributed by atoms with Gasteiger partial charge in [-0.05, 0) is 37.6 Å². The third kappa shape index (κ3) is 8.16. The molecule has 1 unspecified atom stereocenters. The number of amides is 1. The Balaban J connectivity index is 3.93. The molecule has 4 N–H and O–H groups in total. The number of aliphatic hydroxyl groups excluding tert-OH is 1. The first kappa shape index (κ1) is 16.4. The molecule has 0 aromatic rings. The molecule has 1 atom stereocenters. The van der Waals surface area contributed by atoms with Crippen molar-refractivity contribution in [2.75, 3.05) is 13.2 Å². The Morgan fingerprint density at radius 3 is 2.53 bits per heavy atom. The first-order valence-corrected chi connectivity index (χ1v) is 6.55. The van der Waals surface area contributed by atoms with Crippen LogP contribution < -0.4 is 11.1 Å². The van der Waals surface area contributed by atoms with Gasteiger partial charge in [0.25, 0.3) is 0 Å². The van der Waals surface area contributed by atoms with Crippen molar-refractivity contribution in [2.24, 2.45) is 11.1 Å². The second kappa shape index (κ2) is 8.48.